The highest BCUT2D eigenvalue weighted by Crippen LogP contribution is 2.13. The lowest BCUT2D eigenvalue weighted by atomic mass is 10.4. The summed E-state index contributed by atoms with van der Waals surface area (Å²) >= 11 is 0. The second-order valence-electron chi connectivity index (χ2n) is 4.28. The maximum absolute atomic E-state index is 5.44. The van der Waals surface area contributed by atoms with Crippen molar-refractivity contribution in [3.8, 4) is 12.3 Å². The van der Waals surface area contributed by atoms with Crippen LogP contribution in [0.5, 0.6) is 0 Å². The molecule has 1 heterocycles. The average Bonchev–Trinajstić information content (AvgIpc) is 2.74. The van der Waals surface area contributed by atoms with Crippen molar-refractivity contribution in [2.24, 2.45) is 0 Å². The Morgan fingerprint density at radius 1 is 1.59 bits per heavy atom. The molecule has 1 aromatic rings. The van der Waals surface area contributed by atoms with Crippen molar-refractivity contribution in [1.29, 1.82) is 0 Å². The highest BCUT2D eigenvalue weighted by molar-refractivity contribution is 5.29. The first-order valence-corrected chi connectivity index (χ1v) is 6.03. The van der Waals surface area contributed by atoms with Gasteiger partial charge in [0.05, 0.1) is 12.2 Å². The molecule has 0 amide bonds. The maximum Gasteiger partial charge on any atom is 0.298 e. The van der Waals surface area contributed by atoms with E-state index in [0.29, 0.717) is 18.6 Å². The number of nitrogens with zero attached hydrogens (tertiary/aromatic N) is 2. The zero-order valence-corrected chi connectivity index (χ0v) is 10.9. The molecule has 1 N–H and O–H groups in total. The van der Waals surface area contributed by atoms with E-state index in [1.54, 1.807) is 6.26 Å². The van der Waals surface area contributed by atoms with Crippen LogP contribution in [0.2, 0.25) is 0 Å². The Kier molecular flexibility index (Phi) is 5.58. The highest BCUT2D eigenvalue weighted by Gasteiger charge is 2.11. The Labute approximate surface area is 103 Å². The standard InChI is InChI=1S/C13H21N3O/c1-5-7-16(8-6-2)13-15-12(10-17-13)9-14-11(3)4/h1,10-11,14H,6-9H2,2-4H3. The molecule has 0 fully saturated rings. The molecule has 4 nitrogen and oxygen atoms in total. The zero-order valence-electron chi connectivity index (χ0n) is 10.9. The molecule has 94 valence electrons. The summed E-state index contributed by atoms with van der Waals surface area (Å²) in [6.45, 7) is 8.42. The number of aromatic nitrogens is 1. The van der Waals surface area contributed by atoms with Gasteiger partial charge in [-0.3, -0.25) is 0 Å². The molecule has 1 rings (SSSR count). The molecule has 17 heavy (non-hydrogen) atoms. The number of oxazole rings is 1. The minimum atomic E-state index is 0.438. The van der Waals surface area contributed by atoms with E-state index in [9.17, 15) is 0 Å². The van der Waals surface area contributed by atoms with Gasteiger partial charge in [0.25, 0.3) is 6.01 Å². The van der Waals surface area contributed by atoms with Crippen LogP contribution in [-0.2, 0) is 6.54 Å². The van der Waals surface area contributed by atoms with Crippen LogP contribution in [0.15, 0.2) is 10.7 Å². The summed E-state index contributed by atoms with van der Waals surface area (Å²) in [4.78, 5) is 6.39. The molecule has 0 saturated heterocycles. The second kappa shape index (κ2) is 6.97. The smallest absolute Gasteiger partial charge is 0.298 e. The molecule has 0 radical (unpaired) electrons. The van der Waals surface area contributed by atoms with Gasteiger partial charge in [0.2, 0.25) is 0 Å². The van der Waals surface area contributed by atoms with Crippen LogP contribution < -0.4 is 10.2 Å². The van der Waals surface area contributed by atoms with Gasteiger partial charge in [-0.05, 0) is 6.42 Å². The van der Waals surface area contributed by atoms with Gasteiger partial charge in [0.1, 0.15) is 6.26 Å². The molecular formula is C13H21N3O. The molecule has 0 aliphatic carbocycles. The van der Waals surface area contributed by atoms with Crippen LogP contribution in [0.3, 0.4) is 0 Å². The number of terminal acetylenes is 1. The van der Waals surface area contributed by atoms with E-state index in [4.69, 9.17) is 10.8 Å². The van der Waals surface area contributed by atoms with Crippen molar-refractivity contribution in [3.63, 3.8) is 0 Å². The van der Waals surface area contributed by atoms with Gasteiger partial charge in [-0.2, -0.15) is 4.98 Å². The Morgan fingerprint density at radius 2 is 2.35 bits per heavy atom. The van der Waals surface area contributed by atoms with E-state index in [0.717, 1.165) is 25.2 Å². The first-order chi connectivity index (χ1) is 8.17. The fraction of sp³-hybridized carbons (Fsp3) is 0.615. The number of rotatable bonds is 7. The van der Waals surface area contributed by atoms with Gasteiger partial charge in [-0.25, -0.2) is 0 Å². The molecule has 4 heteroatoms. The predicted molar refractivity (Wildman–Crippen MR) is 69.8 cm³/mol. The highest BCUT2D eigenvalue weighted by atomic mass is 16.4. The summed E-state index contributed by atoms with van der Waals surface area (Å²) < 4.78 is 5.44. The van der Waals surface area contributed by atoms with Crippen molar-refractivity contribution in [2.75, 3.05) is 18.0 Å². The quantitative estimate of drug-likeness (QED) is 0.734. The normalized spacial score (nSPS) is 10.5. The minimum absolute atomic E-state index is 0.438. The van der Waals surface area contributed by atoms with Crippen molar-refractivity contribution >= 4 is 6.01 Å². The number of nitrogens with one attached hydrogen (secondary N) is 1. The second-order valence-corrected chi connectivity index (χ2v) is 4.28. The molecule has 0 aliphatic rings. The topological polar surface area (TPSA) is 41.3 Å². The van der Waals surface area contributed by atoms with E-state index >= 15 is 0 Å². The van der Waals surface area contributed by atoms with Crippen LogP contribution >= 0.6 is 0 Å². The number of anilines is 1. The Balaban J connectivity index is 2.61. The molecule has 1 aromatic heterocycles. The van der Waals surface area contributed by atoms with Gasteiger partial charge in [0.15, 0.2) is 0 Å². The summed E-state index contributed by atoms with van der Waals surface area (Å²) in [5.74, 6) is 2.62. The van der Waals surface area contributed by atoms with E-state index in [-0.39, 0.29) is 0 Å². The van der Waals surface area contributed by atoms with Crippen LogP contribution in [0.1, 0.15) is 32.9 Å². The van der Waals surface area contributed by atoms with Crippen LogP contribution in [0, 0.1) is 12.3 Å². The molecule has 0 unspecified atom stereocenters. The van der Waals surface area contributed by atoms with E-state index in [1.165, 1.54) is 0 Å². The lowest BCUT2D eigenvalue weighted by Gasteiger charge is -2.16. The van der Waals surface area contributed by atoms with Gasteiger partial charge in [-0.15, -0.1) is 6.42 Å². The summed E-state index contributed by atoms with van der Waals surface area (Å²) in [5.41, 5.74) is 0.909. The van der Waals surface area contributed by atoms with Gasteiger partial charge < -0.3 is 14.6 Å². The summed E-state index contributed by atoms with van der Waals surface area (Å²) in [6, 6.07) is 1.05. The van der Waals surface area contributed by atoms with Gasteiger partial charge in [0, 0.05) is 19.1 Å². The fourth-order valence-electron chi connectivity index (χ4n) is 1.45. The average molecular weight is 235 g/mol. The lowest BCUT2D eigenvalue weighted by Crippen LogP contribution is -2.25. The minimum Gasteiger partial charge on any atom is -0.432 e. The third kappa shape index (κ3) is 4.49. The van der Waals surface area contributed by atoms with E-state index in [1.807, 2.05) is 4.90 Å². The monoisotopic (exact) mass is 235 g/mol. The Hall–Kier alpha value is -1.47. The Bertz CT molecular complexity index is 365. The molecular weight excluding hydrogens is 214 g/mol. The van der Waals surface area contributed by atoms with Crippen molar-refractivity contribution in [2.45, 2.75) is 39.8 Å². The largest absolute Gasteiger partial charge is 0.432 e. The first kappa shape index (κ1) is 13.6. The van der Waals surface area contributed by atoms with Crippen molar-refractivity contribution < 1.29 is 4.42 Å². The predicted octanol–water partition coefficient (Wildman–Crippen LogP) is 2.02. The maximum atomic E-state index is 5.44. The molecule has 0 spiro atoms. The summed E-state index contributed by atoms with van der Waals surface area (Å²) in [6.07, 6.45) is 8.03. The zero-order chi connectivity index (χ0) is 12.7. The van der Waals surface area contributed by atoms with E-state index in [2.05, 4.69) is 37.0 Å². The number of hydrogen-bond acceptors (Lipinski definition) is 4. The molecule has 0 aromatic carbocycles. The summed E-state index contributed by atoms with van der Waals surface area (Å²) in [7, 11) is 0. The van der Waals surface area contributed by atoms with Gasteiger partial charge in [-0.1, -0.05) is 26.7 Å². The third-order valence-corrected chi connectivity index (χ3v) is 2.28. The van der Waals surface area contributed by atoms with Gasteiger partial charge >= 0.3 is 0 Å². The lowest BCUT2D eigenvalue weighted by molar-refractivity contribution is 0.535. The van der Waals surface area contributed by atoms with Crippen LogP contribution in [0.4, 0.5) is 6.01 Å². The number of hydrogen-bond donors (Lipinski definition) is 1. The molecule has 0 aliphatic heterocycles. The third-order valence-electron chi connectivity index (χ3n) is 2.28. The molecule has 0 bridgehead atoms. The molecule has 0 saturated carbocycles. The summed E-state index contributed by atoms with van der Waals surface area (Å²) in [5, 5.41) is 3.30. The van der Waals surface area contributed by atoms with Crippen LogP contribution in [0.25, 0.3) is 0 Å². The van der Waals surface area contributed by atoms with Crippen molar-refractivity contribution in [1.82, 2.24) is 10.3 Å². The van der Waals surface area contributed by atoms with Crippen molar-refractivity contribution in [3.05, 3.63) is 12.0 Å². The SMILES string of the molecule is C#CCN(CCC)c1nc(CNC(C)C)co1. The van der Waals surface area contributed by atoms with Crippen LogP contribution in [-0.4, -0.2) is 24.1 Å². The molecule has 0 atom stereocenters. The Morgan fingerprint density at radius 3 is 2.94 bits per heavy atom. The fourth-order valence-corrected chi connectivity index (χ4v) is 1.45. The first-order valence-electron chi connectivity index (χ1n) is 6.03. The van der Waals surface area contributed by atoms with E-state index < -0.39 is 0 Å².